The van der Waals surface area contributed by atoms with Crippen LogP contribution in [0.1, 0.15) is 59.1 Å². The zero-order valence-electron chi connectivity index (χ0n) is 23.1. The van der Waals surface area contributed by atoms with E-state index in [1.165, 1.54) is 4.88 Å². The number of carbonyl (C=O) groups excluding carboxylic acids is 1. The van der Waals surface area contributed by atoms with Gasteiger partial charge in [0.05, 0.1) is 15.6 Å². The molecule has 1 aliphatic carbocycles. The predicted octanol–water partition coefficient (Wildman–Crippen LogP) is 10.4. The Kier molecular flexibility index (Phi) is 9.10. The van der Waals surface area contributed by atoms with Gasteiger partial charge in [-0.15, -0.1) is 11.3 Å². The summed E-state index contributed by atoms with van der Waals surface area (Å²) in [6.07, 6.45) is 4.58. The van der Waals surface area contributed by atoms with Crippen LogP contribution in [0.25, 0.3) is 0 Å². The van der Waals surface area contributed by atoms with Crippen LogP contribution < -0.4 is 10.1 Å². The van der Waals surface area contributed by atoms with E-state index in [0.717, 1.165) is 36.1 Å². The molecule has 4 nitrogen and oxygen atoms in total. The Morgan fingerprint density at radius 1 is 1.05 bits per heavy atom. The van der Waals surface area contributed by atoms with E-state index in [0.29, 0.717) is 49.5 Å². The van der Waals surface area contributed by atoms with E-state index in [1.54, 1.807) is 35.8 Å². The zero-order chi connectivity index (χ0) is 29.1. The molecular weight excluding hydrogens is 595 g/mol. The highest BCUT2D eigenvalue weighted by molar-refractivity contribution is 7.16. The van der Waals surface area contributed by atoms with Crippen molar-refractivity contribution in [1.29, 1.82) is 0 Å². The van der Waals surface area contributed by atoms with Crippen molar-refractivity contribution in [3.63, 3.8) is 0 Å². The summed E-state index contributed by atoms with van der Waals surface area (Å²) in [5, 5.41) is 5.29. The van der Waals surface area contributed by atoms with Gasteiger partial charge in [0.1, 0.15) is 17.4 Å². The average Bonchev–Trinajstić information content (AvgIpc) is 3.31. The van der Waals surface area contributed by atoms with E-state index in [-0.39, 0.29) is 11.3 Å². The zero-order valence-corrected chi connectivity index (χ0v) is 26.2. The van der Waals surface area contributed by atoms with Gasteiger partial charge in [-0.1, -0.05) is 79.8 Å². The number of carbonyl (C=O) groups is 1. The van der Waals surface area contributed by atoms with Gasteiger partial charge in [0.15, 0.2) is 0 Å². The molecular formula is C33H31Cl3N2O2S. The van der Waals surface area contributed by atoms with Crippen LogP contribution >= 0.6 is 46.1 Å². The summed E-state index contributed by atoms with van der Waals surface area (Å²) in [4.78, 5) is 19.8. The molecule has 212 valence electrons. The van der Waals surface area contributed by atoms with Crippen LogP contribution in [0, 0.1) is 11.3 Å². The second-order valence-corrected chi connectivity index (χ2v) is 13.6. The van der Waals surface area contributed by atoms with Crippen molar-refractivity contribution in [1.82, 2.24) is 0 Å². The molecule has 0 spiro atoms. The van der Waals surface area contributed by atoms with Gasteiger partial charge in [-0.2, -0.15) is 0 Å². The lowest BCUT2D eigenvalue weighted by atomic mass is 9.72. The SMILES string of the molecule is CC(C)(C)[C@H]1CCc2c(sc(N=Cc3cc(Cl)ccc3OCc3ccc(Cl)c(Cl)c3)c2C(=O)Nc2ccccc2)C1. The van der Waals surface area contributed by atoms with E-state index in [2.05, 4.69) is 26.1 Å². The molecule has 1 N–H and O–H groups in total. The number of ether oxygens (including phenoxy) is 1. The molecule has 8 heteroatoms. The summed E-state index contributed by atoms with van der Waals surface area (Å²) in [6.45, 7) is 7.16. The lowest BCUT2D eigenvalue weighted by Gasteiger charge is -2.33. The van der Waals surface area contributed by atoms with Gasteiger partial charge in [-0.05, 0) is 84.2 Å². The quantitative estimate of drug-likeness (QED) is 0.208. The lowest BCUT2D eigenvalue weighted by molar-refractivity contribution is 0.102. The lowest BCUT2D eigenvalue weighted by Crippen LogP contribution is -2.27. The first kappa shape index (κ1) is 29.7. The van der Waals surface area contributed by atoms with E-state index in [1.807, 2.05) is 48.5 Å². The number of thiophene rings is 1. The summed E-state index contributed by atoms with van der Waals surface area (Å²) >= 11 is 20.2. The molecule has 1 amide bonds. The Labute approximate surface area is 260 Å². The summed E-state index contributed by atoms with van der Waals surface area (Å²) < 4.78 is 6.12. The molecule has 0 unspecified atom stereocenters. The fraction of sp³-hybridized carbons (Fsp3) is 0.273. The second kappa shape index (κ2) is 12.6. The number of nitrogens with zero attached hydrogens (tertiary/aromatic N) is 1. The minimum Gasteiger partial charge on any atom is -0.488 e. The Hall–Kier alpha value is -2.83. The molecule has 0 saturated heterocycles. The maximum Gasteiger partial charge on any atom is 0.259 e. The van der Waals surface area contributed by atoms with Crippen molar-refractivity contribution in [3.05, 3.63) is 109 Å². The average molecular weight is 626 g/mol. The summed E-state index contributed by atoms with van der Waals surface area (Å²) in [5.74, 6) is 1.02. The number of para-hydroxylation sites is 1. The van der Waals surface area contributed by atoms with Gasteiger partial charge in [0.25, 0.3) is 5.91 Å². The molecule has 0 bridgehead atoms. The first-order chi connectivity index (χ1) is 19.6. The van der Waals surface area contributed by atoms with Crippen LogP contribution in [0.15, 0.2) is 71.7 Å². The molecule has 3 aromatic carbocycles. The van der Waals surface area contributed by atoms with Crippen LogP contribution in [0.2, 0.25) is 15.1 Å². The number of hydrogen-bond acceptors (Lipinski definition) is 4. The van der Waals surface area contributed by atoms with Crippen LogP contribution in [-0.4, -0.2) is 12.1 Å². The summed E-state index contributed by atoms with van der Waals surface area (Å²) in [5.41, 5.74) is 4.31. The Morgan fingerprint density at radius 3 is 2.56 bits per heavy atom. The van der Waals surface area contributed by atoms with E-state index >= 15 is 0 Å². The number of aliphatic imine (C=N–C) groups is 1. The van der Waals surface area contributed by atoms with Gasteiger partial charge < -0.3 is 10.1 Å². The highest BCUT2D eigenvalue weighted by Gasteiger charge is 2.33. The number of halogens is 3. The number of benzene rings is 3. The minimum atomic E-state index is -0.141. The normalized spacial score (nSPS) is 15.1. The monoisotopic (exact) mass is 624 g/mol. The molecule has 0 radical (unpaired) electrons. The third kappa shape index (κ3) is 7.15. The van der Waals surface area contributed by atoms with Crippen LogP contribution in [0.5, 0.6) is 5.75 Å². The topological polar surface area (TPSA) is 50.7 Å². The largest absolute Gasteiger partial charge is 0.488 e. The van der Waals surface area contributed by atoms with Gasteiger partial charge in [-0.25, -0.2) is 4.99 Å². The van der Waals surface area contributed by atoms with Crippen LogP contribution in [-0.2, 0) is 19.4 Å². The van der Waals surface area contributed by atoms with Gasteiger partial charge in [0, 0.05) is 27.4 Å². The first-order valence-electron chi connectivity index (χ1n) is 13.5. The second-order valence-electron chi connectivity index (χ2n) is 11.3. The summed E-state index contributed by atoms with van der Waals surface area (Å²) in [6, 6.07) is 20.3. The molecule has 0 aliphatic heterocycles. The van der Waals surface area contributed by atoms with Gasteiger partial charge in [-0.3, -0.25) is 4.79 Å². The molecule has 1 atom stereocenters. The molecule has 0 fully saturated rings. The minimum absolute atomic E-state index is 0.141. The van der Waals surface area contributed by atoms with Crippen molar-refractivity contribution in [2.45, 2.75) is 46.6 Å². The molecule has 0 saturated carbocycles. The number of amides is 1. The maximum atomic E-state index is 13.6. The van der Waals surface area contributed by atoms with Gasteiger partial charge in [0.2, 0.25) is 0 Å². The fourth-order valence-corrected chi connectivity index (χ4v) is 6.79. The van der Waals surface area contributed by atoms with E-state index in [9.17, 15) is 4.79 Å². The standard InChI is InChI=1S/C33H31Cl3N2O2S/c1-33(2,3)22-10-12-25-29(17-22)41-32(30(25)31(39)38-24-7-5-4-6-8-24)37-18-21-16-23(34)11-14-28(21)40-19-20-9-13-26(35)27(36)15-20/h4-9,11,13-16,18,22H,10,12,17,19H2,1-3H3,(H,38,39)/t22-/m0/s1. The Morgan fingerprint density at radius 2 is 1.83 bits per heavy atom. The molecule has 4 aromatic rings. The number of anilines is 1. The fourth-order valence-electron chi connectivity index (χ4n) is 5.02. The first-order valence-corrected chi connectivity index (χ1v) is 15.4. The van der Waals surface area contributed by atoms with Crippen molar-refractivity contribution in [2.75, 3.05) is 5.32 Å². The third-order valence-electron chi connectivity index (χ3n) is 7.40. The smallest absolute Gasteiger partial charge is 0.259 e. The predicted molar refractivity (Wildman–Crippen MR) is 173 cm³/mol. The molecule has 1 aromatic heterocycles. The molecule has 1 aliphatic rings. The highest BCUT2D eigenvalue weighted by Crippen LogP contribution is 2.45. The van der Waals surface area contributed by atoms with Crippen LogP contribution in [0.3, 0.4) is 0 Å². The third-order valence-corrected chi connectivity index (χ3v) is 9.54. The molecule has 1 heterocycles. The number of hydrogen-bond donors (Lipinski definition) is 1. The number of rotatable bonds is 7. The van der Waals surface area contributed by atoms with Crippen LogP contribution in [0.4, 0.5) is 10.7 Å². The van der Waals surface area contributed by atoms with Crippen molar-refractivity contribution < 1.29 is 9.53 Å². The molecule has 41 heavy (non-hydrogen) atoms. The van der Waals surface area contributed by atoms with E-state index in [4.69, 9.17) is 44.5 Å². The number of nitrogens with one attached hydrogen (secondary N) is 1. The Balaban J connectivity index is 1.46. The number of fused-ring (bicyclic) bond motifs is 1. The van der Waals surface area contributed by atoms with Crippen molar-refractivity contribution in [3.8, 4) is 5.75 Å². The molecule has 5 rings (SSSR count). The van der Waals surface area contributed by atoms with Crippen molar-refractivity contribution in [2.24, 2.45) is 16.3 Å². The van der Waals surface area contributed by atoms with Crippen molar-refractivity contribution >= 4 is 68.9 Å². The summed E-state index contributed by atoms with van der Waals surface area (Å²) in [7, 11) is 0. The Bertz CT molecular complexity index is 1590. The highest BCUT2D eigenvalue weighted by atomic mass is 35.5. The van der Waals surface area contributed by atoms with E-state index < -0.39 is 0 Å². The maximum absolute atomic E-state index is 13.6. The van der Waals surface area contributed by atoms with Gasteiger partial charge >= 0.3 is 0 Å².